The molecule has 0 amide bonds. The summed E-state index contributed by atoms with van der Waals surface area (Å²) in [5, 5.41) is 22.2. The molecule has 0 saturated carbocycles. The van der Waals surface area contributed by atoms with E-state index in [0.29, 0.717) is 23.8 Å². The number of hydrogen-bond acceptors (Lipinski definition) is 9. The van der Waals surface area contributed by atoms with Gasteiger partial charge in [0, 0.05) is 55.9 Å². The summed E-state index contributed by atoms with van der Waals surface area (Å²) in [4.78, 5) is 13.6. The summed E-state index contributed by atoms with van der Waals surface area (Å²) in [5.41, 5.74) is 4.12. The van der Waals surface area contributed by atoms with Crippen molar-refractivity contribution in [2.75, 3.05) is 62.8 Å². The van der Waals surface area contributed by atoms with Gasteiger partial charge in [0.15, 0.2) is 0 Å². The van der Waals surface area contributed by atoms with E-state index in [2.05, 4.69) is 43.3 Å². The number of hydrogen-bond donors (Lipinski definition) is 2. The zero-order valence-corrected chi connectivity index (χ0v) is 20.8. The average Bonchev–Trinajstić information content (AvgIpc) is 2.95. The van der Waals surface area contributed by atoms with E-state index >= 15 is 0 Å². The fourth-order valence-corrected chi connectivity index (χ4v) is 4.74. The lowest BCUT2D eigenvalue weighted by atomic mass is 10.1. The van der Waals surface area contributed by atoms with Crippen LogP contribution in [-0.2, 0) is 4.74 Å². The highest BCUT2D eigenvalue weighted by molar-refractivity contribution is 5.66. The molecule has 2 fully saturated rings. The Bertz CT molecular complexity index is 1220. The van der Waals surface area contributed by atoms with Gasteiger partial charge in [-0.1, -0.05) is 0 Å². The molecule has 1 aromatic heterocycles. The molecule has 0 spiro atoms. The van der Waals surface area contributed by atoms with Crippen LogP contribution in [0.25, 0.3) is 11.3 Å². The van der Waals surface area contributed by atoms with Crippen LogP contribution in [0.3, 0.4) is 0 Å². The number of β-amino-alcohol motifs (C(OH)–C–C–N with tert-alkyl or cyclic N) is 1. The minimum Gasteiger partial charge on any atom is -0.489 e. The topological polar surface area (TPSA) is 107 Å². The number of aliphatic hydroxyl groups is 1. The van der Waals surface area contributed by atoms with Crippen molar-refractivity contribution < 1.29 is 14.6 Å². The van der Waals surface area contributed by atoms with Gasteiger partial charge in [-0.15, -0.1) is 0 Å². The van der Waals surface area contributed by atoms with Crippen molar-refractivity contribution >= 4 is 17.3 Å². The molecular formula is C28H32N6O3. The van der Waals surface area contributed by atoms with Gasteiger partial charge in [0.25, 0.3) is 0 Å². The van der Waals surface area contributed by atoms with Crippen LogP contribution in [0.2, 0.25) is 0 Å². The smallest absolute Gasteiger partial charge is 0.227 e. The van der Waals surface area contributed by atoms with Crippen LogP contribution in [0.15, 0.2) is 54.7 Å². The van der Waals surface area contributed by atoms with E-state index in [-0.39, 0.29) is 12.7 Å². The molecule has 37 heavy (non-hydrogen) atoms. The van der Waals surface area contributed by atoms with Crippen LogP contribution in [0.5, 0.6) is 5.75 Å². The van der Waals surface area contributed by atoms with Crippen molar-refractivity contribution in [3.63, 3.8) is 0 Å². The van der Waals surface area contributed by atoms with E-state index in [0.717, 1.165) is 69.2 Å². The lowest BCUT2D eigenvalue weighted by Gasteiger charge is -2.31. The van der Waals surface area contributed by atoms with Crippen molar-refractivity contribution in [2.24, 2.45) is 0 Å². The lowest BCUT2D eigenvalue weighted by Crippen LogP contribution is -2.39. The molecule has 9 heteroatoms. The van der Waals surface area contributed by atoms with Gasteiger partial charge in [-0.05, 0) is 61.4 Å². The molecule has 9 nitrogen and oxygen atoms in total. The number of aromatic nitrogens is 2. The molecule has 0 bridgehead atoms. The van der Waals surface area contributed by atoms with Gasteiger partial charge in [-0.2, -0.15) is 5.26 Å². The third kappa shape index (κ3) is 6.35. The van der Waals surface area contributed by atoms with E-state index in [1.807, 2.05) is 36.4 Å². The fourth-order valence-electron chi connectivity index (χ4n) is 4.74. The van der Waals surface area contributed by atoms with Crippen LogP contribution >= 0.6 is 0 Å². The van der Waals surface area contributed by atoms with Gasteiger partial charge in [0.1, 0.15) is 17.9 Å². The summed E-state index contributed by atoms with van der Waals surface area (Å²) in [7, 11) is 0. The number of anilines is 3. The summed E-state index contributed by atoms with van der Waals surface area (Å²) in [6.07, 6.45) is 3.53. The Kier molecular flexibility index (Phi) is 8.11. The van der Waals surface area contributed by atoms with Crippen molar-refractivity contribution in [3.8, 4) is 23.1 Å². The second-order valence-corrected chi connectivity index (χ2v) is 9.24. The van der Waals surface area contributed by atoms with Crippen molar-refractivity contribution in [2.45, 2.75) is 18.9 Å². The van der Waals surface area contributed by atoms with E-state index in [4.69, 9.17) is 14.6 Å². The molecule has 2 aliphatic heterocycles. The first kappa shape index (κ1) is 25.0. The first-order valence-electron chi connectivity index (χ1n) is 12.8. The largest absolute Gasteiger partial charge is 0.489 e. The van der Waals surface area contributed by atoms with Gasteiger partial charge in [-0.3, -0.25) is 0 Å². The molecule has 2 N–H and O–H groups in total. The van der Waals surface area contributed by atoms with E-state index in [1.54, 1.807) is 6.20 Å². The Hall–Kier alpha value is -3.71. The number of aliphatic hydroxyl groups excluding tert-OH is 1. The number of piperidine rings is 1. The number of likely N-dealkylation sites (tertiary alicyclic amines) is 1. The fraction of sp³-hybridized carbons (Fsp3) is 0.393. The van der Waals surface area contributed by atoms with Gasteiger partial charge >= 0.3 is 0 Å². The lowest BCUT2D eigenvalue weighted by molar-refractivity contribution is 0.0887. The third-order valence-electron chi connectivity index (χ3n) is 6.80. The van der Waals surface area contributed by atoms with E-state index in [1.165, 1.54) is 5.69 Å². The Morgan fingerprint density at radius 3 is 2.57 bits per heavy atom. The average molecular weight is 501 g/mol. The summed E-state index contributed by atoms with van der Waals surface area (Å²) >= 11 is 0. The standard InChI is InChI=1S/C28H32N6O3/c29-20-22-19-21(1-6-27(22)37-25-8-11-33(12-9-25)13-16-35)26-7-10-30-28(32-26)31-23-2-4-24(5-3-23)34-14-17-36-18-15-34/h1-7,10,19,25,35H,8-9,11-18H2,(H,30,31,32). The highest BCUT2D eigenvalue weighted by atomic mass is 16.5. The quantitative estimate of drug-likeness (QED) is 0.481. The molecule has 3 aromatic rings. The predicted molar refractivity (Wildman–Crippen MR) is 142 cm³/mol. The van der Waals surface area contributed by atoms with E-state index < -0.39 is 0 Å². The van der Waals surface area contributed by atoms with Crippen LogP contribution in [-0.4, -0.2) is 78.6 Å². The highest BCUT2D eigenvalue weighted by Gasteiger charge is 2.21. The third-order valence-corrected chi connectivity index (χ3v) is 6.80. The Morgan fingerprint density at radius 1 is 1.05 bits per heavy atom. The Balaban J connectivity index is 1.24. The number of nitrogens with one attached hydrogen (secondary N) is 1. The molecular weight excluding hydrogens is 468 g/mol. The predicted octanol–water partition coefficient (Wildman–Crippen LogP) is 3.43. The zero-order chi connectivity index (χ0) is 25.5. The number of nitrogens with zero attached hydrogens (tertiary/aromatic N) is 5. The maximum atomic E-state index is 9.78. The van der Waals surface area contributed by atoms with Crippen LogP contribution in [0, 0.1) is 11.3 Å². The minimum absolute atomic E-state index is 0.0670. The minimum atomic E-state index is 0.0670. The van der Waals surface area contributed by atoms with Crippen LogP contribution in [0.1, 0.15) is 18.4 Å². The number of morpholine rings is 1. The van der Waals surface area contributed by atoms with Crippen LogP contribution in [0.4, 0.5) is 17.3 Å². The summed E-state index contributed by atoms with van der Waals surface area (Å²) in [6, 6.07) is 17.9. The molecule has 0 radical (unpaired) electrons. The van der Waals surface area contributed by atoms with Crippen molar-refractivity contribution in [3.05, 3.63) is 60.3 Å². The molecule has 0 unspecified atom stereocenters. The van der Waals surface area contributed by atoms with Gasteiger partial charge < -0.3 is 29.7 Å². The van der Waals surface area contributed by atoms with Gasteiger partial charge in [-0.25, -0.2) is 9.97 Å². The number of nitriles is 1. The second kappa shape index (κ2) is 12.0. The zero-order valence-electron chi connectivity index (χ0n) is 20.8. The first-order chi connectivity index (χ1) is 18.2. The second-order valence-electron chi connectivity index (χ2n) is 9.24. The highest BCUT2D eigenvalue weighted by Crippen LogP contribution is 2.28. The molecule has 5 rings (SSSR count). The maximum Gasteiger partial charge on any atom is 0.227 e. The number of benzene rings is 2. The molecule has 2 aromatic carbocycles. The van der Waals surface area contributed by atoms with Gasteiger partial charge in [0.2, 0.25) is 5.95 Å². The normalized spacial score (nSPS) is 16.8. The Morgan fingerprint density at radius 2 is 1.84 bits per heavy atom. The summed E-state index contributed by atoms with van der Waals surface area (Å²) < 4.78 is 11.6. The molecule has 3 heterocycles. The van der Waals surface area contributed by atoms with Crippen molar-refractivity contribution in [1.29, 1.82) is 5.26 Å². The summed E-state index contributed by atoms with van der Waals surface area (Å²) in [6.45, 7) is 5.95. The first-order valence-corrected chi connectivity index (χ1v) is 12.8. The molecule has 192 valence electrons. The monoisotopic (exact) mass is 500 g/mol. The van der Waals surface area contributed by atoms with E-state index in [9.17, 15) is 5.26 Å². The number of ether oxygens (including phenoxy) is 2. The molecule has 0 aliphatic carbocycles. The van der Waals surface area contributed by atoms with Crippen LogP contribution < -0.4 is 15.0 Å². The molecule has 0 atom stereocenters. The molecule has 2 saturated heterocycles. The Labute approximate surface area is 217 Å². The number of rotatable bonds is 8. The van der Waals surface area contributed by atoms with Crippen molar-refractivity contribution in [1.82, 2.24) is 14.9 Å². The maximum absolute atomic E-state index is 9.78. The summed E-state index contributed by atoms with van der Waals surface area (Å²) in [5.74, 6) is 1.09. The van der Waals surface area contributed by atoms with Gasteiger partial charge in [0.05, 0.1) is 31.1 Å². The SMILES string of the molecule is N#Cc1cc(-c2ccnc(Nc3ccc(N4CCOCC4)cc3)n2)ccc1OC1CCN(CCO)CC1. The molecule has 2 aliphatic rings.